The van der Waals surface area contributed by atoms with Gasteiger partial charge >= 0.3 is 6.61 Å². The Morgan fingerprint density at radius 1 is 1.18 bits per heavy atom. The van der Waals surface area contributed by atoms with E-state index in [0.717, 1.165) is 16.6 Å². The summed E-state index contributed by atoms with van der Waals surface area (Å²) in [6.07, 6.45) is 3.40. The predicted molar refractivity (Wildman–Crippen MR) is 120 cm³/mol. The van der Waals surface area contributed by atoms with Crippen molar-refractivity contribution >= 4 is 72.4 Å². The summed E-state index contributed by atoms with van der Waals surface area (Å²) in [5.74, 6) is -1.17. The van der Waals surface area contributed by atoms with Crippen LogP contribution in [0.2, 0.25) is 10.0 Å². The van der Waals surface area contributed by atoms with Gasteiger partial charge in [0.25, 0.3) is 0 Å². The largest absolute Gasteiger partial charge is 0.452 e. The van der Waals surface area contributed by atoms with Crippen molar-refractivity contribution in [1.29, 1.82) is 0 Å². The van der Waals surface area contributed by atoms with Gasteiger partial charge in [0.05, 0.1) is 33.2 Å². The molecule has 0 aliphatic rings. The fraction of sp³-hybridized carbons (Fsp3) is 0.100. The summed E-state index contributed by atoms with van der Waals surface area (Å²) in [4.78, 5) is 15.8. The fourth-order valence-corrected chi connectivity index (χ4v) is 5.11. The minimum absolute atomic E-state index is 0.0319. The number of nitrogens with zero attached hydrogens (tertiary/aromatic N) is 2. The summed E-state index contributed by atoms with van der Waals surface area (Å²) >= 11 is 12.4. The standard InChI is InChI=1S/C20H13Cl2F2N3O5S/c1-33(29,30)27(17-12(21)7-26-8-13(17)22)9-2-4-14-11(6-9)16-10(19(25)28)3-5-15(18(16)31-14)32-20(23)24/h2-8,20H,1H3,(H2,25,28). The number of amides is 1. The Balaban J connectivity index is 2.06. The Morgan fingerprint density at radius 2 is 1.85 bits per heavy atom. The van der Waals surface area contributed by atoms with Gasteiger partial charge in [-0.2, -0.15) is 8.78 Å². The molecule has 0 atom stereocenters. The number of hydrogen-bond donors (Lipinski definition) is 1. The van der Waals surface area contributed by atoms with Crippen molar-refractivity contribution < 1.29 is 31.1 Å². The van der Waals surface area contributed by atoms with Crippen molar-refractivity contribution in [3.63, 3.8) is 0 Å². The van der Waals surface area contributed by atoms with Crippen molar-refractivity contribution in [2.75, 3.05) is 10.6 Å². The number of hydrogen-bond acceptors (Lipinski definition) is 6. The number of rotatable bonds is 6. The van der Waals surface area contributed by atoms with Gasteiger partial charge in [0.1, 0.15) is 5.58 Å². The molecule has 0 radical (unpaired) electrons. The zero-order chi connectivity index (χ0) is 24.1. The number of nitrogens with two attached hydrogens (primary N) is 1. The summed E-state index contributed by atoms with van der Waals surface area (Å²) in [6.45, 7) is -3.15. The topological polar surface area (TPSA) is 116 Å². The van der Waals surface area contributed by atoms with Crippen LogP contribution in [-0.4, -0.2) is 32.2 Å². The van der Waals surface area contributed by atoms with E-state index < -0.39 is 22.5 Å². The second kappa shape index (κ2) is 8.32. The molecule has 0 saturated carbocycles. The first-order valence-corrected chi connectivity index (χ1v) is 11.6. The molecular formula is C20H13Cl2F2N3O5S. The number of aromatic nitrogens is 1. The number of halogens is 4. The molecule has 1 amide bonds. The van der Waals surface area contributed by atoms with E-state index >= 15 is 0 Å². The van der Waals surface area contributed by atoms with Crippen LogP contribution in [-0.2, 0) is 10.0 Å². The third-order valence-corrected chi connectivity index (χ3v) is 6.25. The van der Waals surface area contributed by atoms with Gasteiger partial charge in [-0.15, -0.1) is 0 Å². The maximum Gasteiger partial charge on any atom is 0.387 e. The number of primary amides is 1. The summed E-state index contributed by atoms with van der Waals surface area (Å²) in [5.41, 5.74) is 5.49. The fourth-order valence-electron chi connectivity index (χ4n) is 3.45. The smallest absolute Gasteiger partial charge is 0.387 e. The van der Waals surface area contributed by atoms with Crippen LogP contribution in [0, 0.1) is 0 Å². The SMILES string of the molecule is CS(=O)(=O)N(c1ccc2oc3c(OC(F)F)ccc(C(N)=O)c3c2c1)c1c(Cl)cncc1Cl. The summed E-state index contributed by atoms with van der Waals surface area (Å²) in [7, 11) is -3.98. The minimum atomic E-state index is -3.98. The average molecular weight is 516 g/mol. The molecule has 2 heterocycles. The zero-order valence-corrected chi connectivity index (χ0v) is 18.9. The molecule has 13 heteroatoms. The molecule has 4 rings (SSSR count). The monoisotopic (exact) mass is 515 g/mol. The summed E-state index contributed by atoms with van der Waals surface area (Å²) < 4.78 is 62.2. The maximum absolute atomic E-state index is 12.9. The highest BCUT2D eigenvalue weighted by molar-refractivity contribution is 7.92. The highest BCUT2D eigenvalue weighted by Gasteiger charge is 2.27. The number of benzene rings is 2. The number of alkyl halides is 2. The number of ether oxygens (including phenoxy) is 1. The molecule has 2 N–H and O–H groups in total. The number of furan rings is 1. The molecule has 0 saturated heterocycles. The second-order valence-electron chi connectivity index (χ2n) is 6.82. The first-order chi connectivity index (χ1) is 15.5. The van der Waals surface area contributed by atoms with Gasteiger partial charge in [-0.25, -0.2) is 12.7 Å². The van der Waals surface area contributed by atoms with E-state index in [1.54, 1.807) is 0 Å². The van der Waals surface area contributed by atoms with Crippen molar-refractivity contribution in [3.8, 4) is 5.75 Å². The van der Waals surface area contributed by atoms with Crippen LogP contribution >= 0.6 is 23.2 Å². The van der Waals surface area contributed by atoms with E-state index in [9.17, 15) is 22.0 Å². The lowest BCUT2D eigenvalue weighted by Gasteiger charge is -2.24. The molecule has 0 aliphatic carbocycles. The van der Waals surface area contributed by atoms with Crippen LogP contribution in [0.1, 0.15) is 10.4 Å². The normalized spacial score (nSPS) is 11.9. The third kappa shape index (κ3) is 4.14. The van der Waals surface area contributed by atoms with E-state index in [1.165, 1.54) is 36.7 Å². The zero-order valence-electron chi connectivity index (χ0n) is 16.6. The third-order valence-electron chi connectivity index (χ3n) is 4.65. The Kier molecular flexibility index (Phi) is 5.81. The molecule has 172 valence electrons. The second-order valence-corrected chi connectivity index (χ2v) is 9.47. The number of carbonyl (C=O) groups is 1. The maximum atomic E-state index is 12.9. The van der Waals surface area contributed by atoms with Gasteiger partial charge < -0.3 is 14.9 Å². The Morgan fingerprint density at radius 3 is 2.42 bits per heavy atom. The van der Waals surface area contributed by atoms with E-state index in [2.05, 4.69) is 9.72 Å². The molecule has 8 nitrogen and oxygen atoms in total. The van der Waals surface area contributed by atoms with Gasteiger partial charge in [0.2, 0.25) is 15.9 Å². The molecule has 0 fully saturated rings. The van der Waals surface area contributed by atoms with Crippen LogP contribution in [0.15, 0.2) is 47.1 Å². The highest BCUT2D eigenvalue weighted by atomic mass is 35.5. The average Bonchev–Trinajstić information content (AvgIpc) is 3.09. The number of pyridine rings is 1. The van der Waals surface area contributed by atoms with Gasteiger partial charge in [0.15, 0.2) is 11.3 Å². The number of sulfonamides is 1. The van der Waals surface area contributed by atoms with Crippen LogP contribution in [0.25, 0.3) is 21.9 Å². The molecule has 0 unspecified atom stereocenters. The van der Waals surface area contributed by atoms with E-state index in [0.29, 0.717) is 0 Å². The van der Waals surface area contributed by atoms with Crippen molar-refractivity contribution in [3.05, 3.63) is 58.3 Å². The lowest BCUT2D eigenvalue weighted by Crippen LogP contribution is -2.25. The number of carbonyl (C=O) groups excluding carboxylic acids is 1. The van der Waals surface area contributed by atoms with Crippen LogP contribution in [0.4, 0.5) is 20.2 Å². The van der Waals surface area contributed by atoms with Crippen LogP contribution in [0.3, 0.4) is 0 Å². The van der Waals surface area contributed by atoms with E-state index in [4.69, 9.17) is 33.4 Å². The molecule has 33 heavy (non-hydrogen) atoms. The molecule has 0 aliphatic heterocycles. The molecule has 0 bridgehead atoms. The van der Waals surface area contributed by atoms with Gasteiger partial charge in [-0.05, 0) is 30.3 Å². The van der Waals surface area contributed by atoms with E-state index in [-0.39, 0.29) is 54.7 Å². The first kappa shape index (κ1) is 23.0. The number of fused-ring (bicyclic) bond motifs is 3. The highest BCUT2D eigenvalue weighted by Crippen LogP contribution is 2.43. The molecule has 2 aromatic heterocycles. The van der Waals surface area contributed by atoms with Crippen molar-refractivity contribution in [2.45, 2.75) is 6.61 Å². The predicted octanol–water partition coefficient (Wildman–Crippen LogP) is 5.09. The van der Waals surface area contributed by atoms with Gasteiger partial charge in [-0.3, -0.25) is 9.78 Å². The van der Waals surface area contributed by atoms with Crippen molar-refractivity contribution in [1.82, 2.24) is 4.98 Å². The van der Waals surface area contributed by atoms with Gasteiger partial charge in [-0.1, -0.05) is 23.2 Å². The number of anilines is 2. The molecule has 2 aromatic carbocycles. The molecule has 4 aromatic rings. The first-order valence-electron chi connectivity index (χ1n) is 9.02. The Bertz CT molecular complexity index is 1510. The van der Waals surface area contributed by atoms with E-state index in [1.807, 2.05) is 0 Å². The molecule has 0 spiro atoms. The quantitative estimate of drug-likeness (QED) is 0.382. The summed E-state index contributed by atoms with van der Waals surface area (Å²) in [6, 6.07) is 6.54. The Hall–Kier alpha value is -3.15. The summed E-state index contributed by atoms with van der Waals surface area (Å²) in [5, 5.41) is 0.245. The van der Waals surface area contributed by atoms with Crippen LogP contribution < -0.4 is 14.8 Å². The lowest BCUT2D eigenvalue weighted by atomic mass is 10.0. The van der Waals surface area contributed by atoms with Crippen LogP contribution in [0.5, 0.6) is 5.75 Å². The van der Waals surface area contributed by atoms with Crippen molar-refractivity contribution in [2.24, 2.45) is 5.73 Å². The lowest BCUT2D eigenvalue weighted by molar-refractivity contribution is -0.0493. The Labute approximate surface area is 195 Å². The van der Waals surface area contributed by atoms with Gasteiger partial charge in [0, 0.05) is 23.2 Å². The molecular weight excluding hydrogens is 503 g/mol. The minimum Gasteiger partial charge on any atom is -0.452 e.